The second-order valence-corrected chi connectivity index (χ2v) is 10.6. The second kappa shape index (κ2) is 9.61. The smallest absolute Gasteiger partial charge is 0.270 e. The number of ether oxygens (including phenoxy) is 2. The third kappa shape index (κ3) is 4.25. The zero-order chi connectivity index (χ0) is 25.6. The van der Waals surface area contributed by atoms with Gasteiger partial charge in [-0.15, -0.1) is 0 Å². The van der Waals surface area contributed by atoms with E-state index in [2.05, 4.69) is 16.8 Å². The fourth-order valence-electron chi connectivity index (χ4n) is 4.60. The number of pyridine rings is 1. The predicted octanol–water partition coefficient (Wildman–Crippen LogP) is 2.45. The van der Waals surface area contributed by atoms with Gasteiger partial charge in [-0.1, -0.05) is 30.0 Å². The molecule has 0 aliphatic carbocycles. The molecule has 186 valence electrons. The van der Waals surface area contributed by atoms with Gasteiger partial charge in [0.05, 0.1) is 11.4 Å². The molecule has 2 fully saturated rings. The van der Waals surface area contributed by atoms with Crippen molar-refractivity contribution in [3.05, 3.63) is 55.7 Å². The first-order chi connectivity index (χ1) is 17.3. The quantitative estimate of drug-likeness (QED) is 0.443. The maximum absolute atomic E-state index is 13.4. The van der Waals surface area contributed by atoms with Gasteiger partial charge in [-0.2, -0.15) is 5.26 Å². The summed E-state index contributed by atoms with van der Waals surface area (Å²) in [4.78, 5) is 32.8. The summed E-state index contributed by atoms with van der Waals surface area (Å²) in [6.07, 6.45) is 1.78. The molecule has 0 saturated carbocycles. The van der Waals surface area contributed by atoms with E-state index in [1.54, 1.807) is 24.9 Å². The minimum Gasteiger partial charge on any atom is -0.454 e. The highest BCUT2D eigenvalue weighted by atomic mass is 32.2. The number of hydrogen-bond donors (Lipinski definition) is 0. The van der Waals surface area contributed by atoms with E-state index >= 15 is 0 Å². The molecule has 3 aliphatic rings. The van der Waals surface area contributed by atoms with Gasteiger partial charge in [-0.3, -0.25) is 19.1 Å². The van der Waals surface area contributed by atoms with E-state index in [1.165, 1.54) is 16.3 Å². The van der Waals surface area contributed by atoms with Crippen LogP contribution in [0.4, 0.5) is 5.82 Å². The fraction of sp³-hybridized carbons (Fsp3) is 0.360. The molecule has 0 spiro atoms. The van der Waals surface area contributed by atoms with Crippen LogP contribution in [0.15, 0.2) is 27.9 Å². The Morgan fingerprint density at radius 3 is 2.58 bits per heavy atom. The number of amides is 1. The van der Waals surface area contributed by atoms with Crippen LogP contribution >= 0.6 is 24.0 Å². The van der Waals surface area contributed by atoms with E-state index in [1.807, 2.05) is 24.3 Å². The molecule has 36 heavy (non-hydrogen) atoms. The Morgan fingerprint density at radius 2 is 1.86 bits per heavy atom. The standard InChI is InChI=1S/C25H25N5O4S2/c1-15-17(22(28(3)23(31)18(15)12-26)29-8-6-27(2)7-9-29)11-21-24(32)30(25(35)36-21)13-16-4-5-19-20(10-16)34-14-33-19/h4-5,10-11H,6-9,13-14H2,1-3H3/b21-11+. The lowest BCUT2D eigenvalue weighted by Crippen LogP contribution is -2.46. The number of thioether (sulfide) groups is 1. The Labute approximate surface area is 218 Å². The number of anilines is 1. The van der Waals surface area contributed by atoms with Crippen molar-refractivity contribution in [1.82, 2.24) is 14.4 Å². The molecule has 3 aliphatic heterocycles. The molecule has 11 heteroatoms. The van der Waals surface area contributed by atoms with E-state index in [0.717, 1.165) is 31.7 Å². The van der Waals surface area contributed by atoms with E-state index < -0.39 is 0 Å². The SMILES string of the molecule is Cc1c(/C=C2/SC(=S)N(Cc3ccc4c(c3)OCO4)C2=O)c(N2CCN(C)CC2)n(C)c(=O)c1C#N. The lowest BCUT2D eigenvalue weighted by atomic mass is 10.0. The largest absolute Gasteiger partial charge is 0.454 e. The number of nitriles is 1. The molecule has 4 heterocycles. The van der Waals surface area contributed by atoms with Crippen molar-refractivity contribution in [2.45, 2.75) is 13.5 Å². The van der Waals surface area contributed by atoms with Gasteiger partial charge >= 0.3 is 0 Å². The maximum atomic E-state index is 13.4. The van der Waals surface area contributed by atoms with Crippen LogP contribution in [-0.4, -0.2) is 64.6 Å². The molecule has 2 aromatic rings. The summed E-state index contributed by atoms with van der Waals surface area (Å²) in [6, 6.07) is 7.61. The van der Waals surface area contributed by atoms with Crippen LogP contribution in [0.2, 0.25) is 0 Å². The second-order valence-electron chi connectivity index (χ2n) is 8.96. The number of piperazine rings is 1. The highest BCUT2D eigenvalue weighted by molar-refractivity contribution is 8.26. The first-order valence-corrected chi connectivity index (χ1v) is 12.7. The fourth-order valence-corrected chi connectivity index (χ4v) is 5.84. The highest BCUT2D eigenvalue weighted by Gasteiger charge is 2.34. The van der Waals surface area contributed by atoms with Crippen molar-refractivity contribution in [1.29, 1.82) is 5.26 Å². The van der Waals surface area contributed by atoms with Crippen molar-refractivity contribution in [2.24, 2.45) is 7.05 Å². The zero-order valence-corrected chi connectivity index (χ0v) is 21.9. The Bertz CT molecular complexity index is 1400. The lowest BCUT2D eigenvalue weighted by molar-refractivity contribution is -0.122. The number of thiocarbonyl (C=S) groups is 1. The van der Waals surface area contributed by atoms with E-state index in [4.69, 9.17) is 21.7 Å². The first kappa shape index (κ1) is 24.4. The topological polar surface area (TPSA) is 91.0 Å². The molecule has 0 radical (unpaired) electrons. The minimum absolute atomic E-state index is 0.0810. The molecule has 0 atom stereocenters. The summed E-state index contributed by atoms with van der Waals surface area (Å²) in [5.41, 5.74) is 1.88. The Kier molecular flexibility index (Phi) is 6.51. The molecule has 1 aromatic heterocycles. The summed E-state index contributed by atoms with van der Waals surface area (Å²) in [7, 11) is 3.74. The molecular weight excluding hydrogens is 498 g/mol. The molecular formula is C25H25N5O4S2. The molecule has 2 saturated heterocycles. The Hall–Kier alpha value is -3.33. The summed E-state index contributed by atoms with van der Waals surface area (Å²) in [6.45, 7) is 5.43. The predicted molar refractivity (Wildman–Crippen MR) is 142 cm³/mol. The van der Waals surface area contributed by atoms with Crippen LogP contribution in [0.5, 0.6) is 11.5 Å². The number of aromatic nitrogens is 1. The number of nitrogens with zero attached hydrogens (tertiary/aromatic N) is 5. The molecule has 0 N–H and O–H groups in total. The van der Waals surface area contributed by atoms with Crippen molar-refractivity contribution in [3.63, 3.8) is 0 Å². The molecule has 5 rings (SSSR count). The normalized spacial score (nSPS) is 18.9. The van der Waals surface area contributed by atoms with Crippen molar-refractivity contribution in [3.8, 4) is 17.6 Å². The highest BCUT2D eigenvalue weighted by Crippen LogP contribution is 2.38. The van der Waals surface area contributed by atoms with Gasteiger partial charge < -0.3 is 19.3 Å². The van der Waals surface area contributed by atoms with Gasteiger partial charge in [0.25, 0.3) is 11.5 Å². The number of fused-ring (bicyclic) bond motifs is 1. The number of carbonyl (C=O) groups excluding carboxylic acids is 1. The number of benzene rings is 1. The van der Waals surface area contributed by atoms with E-state index in [0.29, 0.717) is 44.2 Å². The Balaban J connectivity index is 1.51. The van der Waals surface area contributed by atoms with Gasteiger partial charge in [-0.25, -0.2) is 0 Å². The number of rotatable bonds is 4. The van der Waals surface area contributed by atoms with Gasteiger partial charge in [0.15, 0.2) is 11.5 Å². The van der Waals surface area contributed by atoms with Gasteiger partial charge in [-0.05, 0) is 43.3 Å². The number of hydrogen-bond acceptors (Lipinski definition) is 9. The Morgan fingerprint density at radius 1 is 1.14 bits per heavy atom. The lowest BCUT2D eigenvalue weighted by Gasteiger charge is -2.36. The molecule has 9 nitrogen and oxygen atoms in total. The van der Waals surface area contributed by atoms with Crippen molar-refractivity contribution in [2.75, 3.05) is 44.9 Å². The third-order valence-corrected chi connectivity index (χ3v) is 8.08. The molecule has 1 aromatic carbocycles. The maximum Gasteiger partial charge on any atom is 0.270 e. The van der Waals surface area contributed by atoms with Crippen molar-refractivity contribution >= 4 is 46.1 Å². The molecule has 0 bridgehead atoms. The van der Waals surface area contributed by atoms with Crippen LogP contribution < -0.4 is 19.9 Å². The first-order valence-electron chi connectivity index (χ1n) is 11.5. The monoisotopic (exact) mass is 523 g/mol. The molecule has 1 amide bonds. The molecule has 0 unspecified atom stereocenters. The van der Waals surface area contributed by atoms with E-state index in [9.17, 15) is 14.9 Å². The minimum atomic E-state index is -0.337. The van der Waals surface area contributed by atoms with Crippen LogP contribution in [0.3, 0.4) is 0 Å². The summed E-state index contributed by atoms with van der Waals surface area (Å²) in [5.74, 6) is 1.83. The van der Waals surface area contributed by atoms with Crippen LogP contribution in [0, 0.1) is 18.3 Å². The van der Waals surface area contributed by atoms with Crippen LogP contribution in [0.25, 0.3) is 6.08 Å². The summed E-state index contributed by atoms with van der Waals surface area (Å²) >= 11 is 6.78. The average Bonchev–Trinajstić information content (AvgIpc) is 3.43. The zero-order valence-electron chi connectivity index (χ0n) is 20.2. The van der Waals surface area contributed by atoms with Crippen molar-refractivity contribution < 1.29 is 14.3 Å². The third-order valence-electron chi connectivity index (χ3n) is 6.70. The number of carbonyl (C=O) groups is 1. The van der Waals surface area contributed by atoms with Gasteiger partial charge in [0.2, 0.25) is 6.79 Å². The average molecular weight is 524 g/mol. The summed E-state index contributed by atoms with van der Waals surface area (Å²) < 4.78 is 12.8. The van der Waals surface area contributed by atoms with Gasteiger partial charge in [0.1, 0.15) is 21.8 Å². The van der Waals surface area contributed by atoms with E-state index in [-0.39, 0.29) is 23.8 Å². The summed E-state index contributed by atoms with van der Waals surface area (Å²) in [5, 5.41) is 9.69. The number of likely N-dealkylation sites (N-methyl/N-ethyl adjacent to an activating group) is 1. The van der Waals surface area contributed by atoms with Crippen LogP contribution in [-0.2, 0) is 18.4 Å². The van der Waals surface area contributed by atoms with Gasteiger partial charge in [0, 0.05) is 38.8 Å². The van der Waals surface area contributed by atoms with Crippen LogP contribution in [0.1, 0.15) is 22.3 Å².